The maximum absolute atomic E-state index is 13.5. The van der Waals surface area contributed by atoms with Gasteiger partial charge < -0.3 is 0 Å². The van der Waals surface area contributed by atoms with Crippen LogP contribution in [0.4, 0.5) is 13.2 Å². The van der Waals surface area contributed by atoms with Gasteiger partial charge in [-0.05, 0) is 24.3 Å². The van der Waals surface area contributed by atoms with Gasteiger partial charge in [-0.25, -0.2) is 26.3 Å². The predicted octanol–water partition coefficient (Wildman–Crippen LogP) is 3.89. The minimum atomic E-state index is -4.01. The third-order valence-electron chi connectivity index (χ3n) is 2.77. The minimum absolute atomic E-state index is 0.0311. The van der Waals surface area contributed by atoms with E-state index in [2.05, 4.69) is 4.72 Å². The van der Waals surface area contributed by atoms with Crippen LogP contribution in [0.15, 0.2) is 35.2 Å². The van der Waals surface area contributed by atoms with Crippen molar-refractivity contribution in [2.75, 3.05) is 0 Å². The largest absolute Gasteiger partial charge is 0.240 e. The van der Waals surface area contributed by atoms with E-state index in [4.69, 9.17) is 23.2 Å². The lowest BCUT2D eigenvalue weighted by Gasteiger charge is -2.09. The van der Waals surface area contributed by atoms with Crippen molar-refractivity contribution < 1.29 is 21.6 Å². The maximum atomic E-state index is 13.5. The third-order valence-corrected chi connectivity index (χ3v) is 4.91. The summed E-state index contributed by atoms with van der Waals surface area (Å²) in [5.41, 5.74) is -0.331. The summed E-state index contributed by atoms with van der Waals surface area (Å²) in [7, 11) is -4.01. The second-order valence-corrected chi connectivity index (χ2v) is 6.82. The lowest BCUT2D eigenvalue weighted by atomic mass is 10.2. The van der Waals surface area contributed by atoms with Crippen LogP contribution in [0.25, 0.3) is 0 Å². The van der Waals surface area contributed by atoms with Crippen LogP contribution < -0.4 is 4.72 Å². The Morgan fingerprint density at radius 2 is 1.64 bits per heavy atom. The van der Waals surface area contributed by atoms with Gasteiger partial charge in [0.1, 0.15) is 0 Å². The molecule has 9 heteroatoms. The van der Waals surface area contributed by atoms with Crippen LogP contribution in [0, 0.1) is 17.5 Å². The smallest absolute Gasteiger partial charge is 0.207 e. The Hall–Kier alpha value is -1.28. The molecule has 2 rings (SSSR count). The Labute approximate surface area is 134 Å². The molecule has 0 aliphatic rings. The van der Waals surface area contributed by atoms with Crippen LogP contribution >= 0.6 is 23.2 Å². The number of benzene rings is 2. The molecule has 0 aliphatic heterocycles. The van der Waals surface area contributed by atoms with Crippen LogP contribution in [0.5, 0.6) is 0 Å². The first kappa shape index (κ1) is 17.1. The van der Waals surface area contributed by atoms with E-state index < -0.39 is 34.0 Å². The Bertz CT molecular complexity index is 828. The van der Waals surface area contributed by atoms with Crippen molar-refractivity contribution in [1.29, 1.82) is 0 Å². The average molecular weight is 370 g/mol. The first-order valence-electron chi connectivity index (χ1n) is 5.79. The molecule has 0 saturated heterocycles. The summed E-state index contributed by atoms with van der Waals surface area (Å²) in [4.78, 5) is -0.190. The van der Waals surface area contributed by atoms with Gasteiger partial charge in [0.25, 0.3) is 0 Å². The molecule has 0 aromatic heterocycles. The third kappa shape index (κ3) is 3.55. The second kappa shape index (κ2) is 6.45. The zero-order valence-electron chi connectivity index (χ0n) is 10.7. The van der Waals surface area contributed by atoms with E-state index in [1.54, 1.807) is 0 Å². The fourth-order valence-electron chi connectivity index (χ4n) is 1.60. The molecule has 3 nitrogen and oxygen atoms in total. The number of rotatable bonds is 4. The zero-order valence-corrected chi connectivity index (χ0v) is 13.0. The first-order valence-corrected chi connectivity index (χ1v) is 8.03. The molecule has 0 radical (unpaired) electrons. The SMILES string of the molecule is O=S(=O)(NCc1ccc(F)c(F)c1F)c1ccc(Cl)c(Cl)c1. The van der Waals surface area contributed by atoms with Gasteiger partial charge in [-0.3, -0.25) is 0 Å². The number of halogens is 5. The molecule has 1 N–H and O–H groups in total. The Morgan fingerprint density at radius 1 is 0.955 bits per heavy atom. The first-order chi connectivity index (χ1) is 10.2. The van der Waals surface area contributed by atoms with Gasteiger partial charge >= 0.3 is 0 Å². The minimum Gasteiger partial charge on any atom is -0.207 e. The van der Waals surface area contributed by atoms with E-state index in [-0.39, 0.29) is 20.5 Å². The van der Waals surface area contributed by atoms with Crippen LogP contribution in [-0.2, 0) is 16.6 Å². The van der Waals surface area contributed by atoms with Crippen molar-refractivity contribution in [2.45, 2.75) is 11.4 Å². The maximum Gasteiger partial charge on any atom is 0.240 e. The Balaban J connectivity index is 2.23. The second-order valence-electron chi connectivity index (χ2n) is 4.23. The molecule has 118 valence electrons. The number of hydrogen-bond acceptors (Lipinski definition) is 2. The molecule has 2 aromatic rings. The molecule has 0 heterocycles. The van der Waals surface area contributed by atoms with E-state index in [1.165, 1.54) is 12.1 Å². The van der Waals surface area contributed by atoms with E-state index in [0.29, 0.717) is 6.07 Å². The van der Waals surface area contributed by atoms with Gasteiger partial charge in [-0.15, -0.1) is 0 Å². The lowest BCUT2D eigenvalue weighted by molar-refractivity contribution is 0.440. The molecule has 22 heavy (non-hydrogen) atoms. The van der Waals surface area contributed by atoms with Crippen LogP contribution in [-0.4, -0.2) is 8.42 Å². The number of nitrogens with one attached hydrogen (secondary N) is 1. The molecular weight excluding hydrogens is 362 g/mol. The molecule has 0 unspecified atom stereocenters. The summed E-state index contributed by atoms with van der Waals surface area (Å²) in [6.45, 7) is -0.550. The number of sulfonamides is 1. The standard InChI is InChI=1S/C13H8Cl2F3NO2S/c14-9-3-2-8(5-10(9)15)22(20,21)19-6-7-1-4-11(16)13(18)12(7)17/h1-5,19H,6H2. The molecule has 0 bridgehead atoms. The normalized spacial score (nSPS) is 11.7. The molecule has 2 aromatic carbocycles. The Morgan fingerprint density at radius 3 is 2.27 bits per heavy atom. The van der Waals surface area contributed by atoms with Crippen LogP contribution in [0.1, 0.15) is 5.56 Å². The molecule has 0 fully saturated rings. The van der Waals surface area contributed by atoms with Gasteiger partial charge in [0.05, 0.1) is 14.9 Å². The van der Waals surface area contributed by atoms with Gasteiger partial charge in [-0.1, -0.05) is 29.3 Å². The summed E-state index contributed by atoms with van der Waals surface area (Å²) < 4.78 is 65.5. The van der Waals surface area contributed by atoms with E-state index in [0.717, 1.165) is 12.1 Å². The van der Waals surface area contributed by atoms with Crippen molar-refractivity contribution in [1.82, 2.24) is 4.72 Å². The van der Waals surface area contributed by atoms with Gasteiger partial charge in [0.2, 0.25) is 10.0 Å². The van der Waals surface area contributed by atoms with Crippen molar-refractivity contribution in [3.63, 3.8) is 0 Å². The highest BCUT2D eigenvalue weighted by atomic mass is 35.5. The summed E-state index contributed by atoms with van der Waals surface area (Å²) in [5.74, 6) is -4.46. The zero-order chi connectivity index (χ0) is 16.5. The summed E-state index contributed by atoms with van der Waals surface area (Å²) in [6.07, 6.45) is 0. The fraction of sp³-hybridized carbons (Fsp3) is 0.0769. The molecule has 0 spiro atoms. The average Bonchev–Trinajstić information content (AvgIpc) is 2.47. The van der Waals surface area contributed by atoms with Crippen molar-refractivity contribution in [3.05, 3.63) is 63.4 Å². The summed E-state index contributed by atoms with van der Waals surface area (Å²) in [5, 5.41) is 0.204. The number of hydrogen-bond donors (Lipinski definition) is 1. The van der Waals surface area contributed by atoms with Crippen LogP contribution in [0.3, 0.4) is 0 Å². The molecule has 0 atom stereocenters. The molecule has 0 amide bonds. The van der Waals surface area contributed by atoms with E-state index in [9.17, 15) is 21.6 Å². The fourth-order valence-corrected chi connectivity index (χ4v) is 3.00. The van der Waals surface area contributed by atoms with Gasteiger partial charge in [0.15, 0.2) is 17.5 Å². The highest BCUT2D eigenvalue weighted by Crippen LogP contribution is 2.25. The van der Waals surface area contributed by atoms with Crippen molar-refractivity contribution in [3.8, 4) is 0 Å². The molecular formula is C13H8Cl2F3NO2S. The van der Waals surface area contributed by atoms with Gasteiger partial charge in [-0.2, -0.15) is 0 Å². The van der Waals surface area contributed by atoms with Crippen molar-refractivity contribution in [2.24, 2.45) is 0 Å². The van der Waals surface area contributed by atoms with Gasteiger partial charge in [0, 0.05) is 12.1 Å². The topological polar surface area (TPSA) is 46.2 Å². The lowest BCUT2D eigenvalue weighted by Crippen LogP contribution is -2.24. The monoisotopic (exact) mass is 369 g/mol. The highest BCUT2D eigenvalue weighted by molar-refractivity contribution is 7.89. The van der Waals surface area contributed by atoms with E-state index in [1.807, 2.05) is 0 Å². The quantitative estimate of drug-likeness (QED) is 0.831. The summed E-state index contributed by atoms with van der Waals surface area (Å²) in [6, 6.07) is 5.27. The molecule has 0 aliphatic carbocycles. The van der Waals surface area contributed by atoms with Crippen LogP contribution in [0.2, 0.25) is 10.0 Å². The van der Waals surface area contributed by atoms with Crippen molar-refractivity contribution >= 4 is 33.2 Å². The van der Waals surface area contributed by atoms with E-state index >= 15 is 0 Å². The molecule has 0 saturated carbocycles. The highest BCUT2D eigenvalue weighted by Gasteiger charge is 2.18. The predicted molar refractivity (Wildman–Crippen MR) is 76.8 cm³/mol. The summed E-state index contributed by atoms with van der Waals surface area (Å²) >= 11 is 11.4. The Kier molecular flexibility index (Phi) is 5.01.